The van der Waals surface area contributed by atoms with Gasteiger partial charge in [0.1, 0.15) is 11.9 Å². The zero-order chi connectivity index (χ0) is 16.8. The van der Waals surface area contributed by atoms with Crippen LogP contribution in [0.4, 0.5) is 0 Å². The van der Waals surface area contributed by atoms with Crippen molar-refractivity contribution in [2.24, 2.45) is 0 Å². The minimum Gasteiger partial charge on any atom is -0.488 e. The Morgan fingerprint density at radius 3 is 2.65 bits per heavy atom. The smallest absolute Gasteiger partial charge is 0.303 e. The molecule has 1 N–H and O–H groups in total. The van der Waals surface area contributed by atoms with Crippen molar-refractivity contribution in [3.8, 4) is 5.75 Å². The topological polar surface area (TPSA) is 66.8 Å². The number of carbonyl (C=O) groups excluding carboxylic acids is 1. The van der Waals surface area contributed by atoms with Gasteiger partial charge in [-0.2, -0.15) is 0 Å². The Balaban J connectivity index is 1.75. The van der Waals surface area contributed by atoms with Crippen LogP contribution in [0.1, 0.15) is 32.1 Å². The molecule has 1 atom stereocenters. The summed E-state index contributed by atoms with van der Waals surface area (Å²) < 4.78 is 5.83. The predicted octanol–water partition coefficient (Wildman–Crippen LogP) is 3.62. The lowest BCUT2D eigenvalue weighted by molar-refractivity contribution is -0.137. The Bertz CT molecular complexity index is 579. The summed E-state index contributed by atoms with van der Waals surface area (Å²) in [6.45, 7) is 1.20. The number of amides is 1. The van der Waals surface area contributed by atoms with E-state index in [4.69, 9.17) is 33.0 Å². The lowest BCUT2D eigenvalue weighted by Gasteiger charge is -2.17. The van der Waals surface area contributed by atoms with Gasteiger partial charge in [0.25, 0.3) is 0 Å². The third-order valence-electron chi connectivity index (χ3n) is 3.72. The van der Waals surface area contributed by atoms with Gasteiger partial charge < -0.3 is 14.7 Å². The second-order valence-corrected chi connectivity index (χ2v) is 6.36. The summed E-state index contributed by atoms with van der Waals surface area (Å²) >= 11 is 11.8. The van der Waals surface area contributed by atoms with Crippen LogP contribution in [0.2, 0.25) is 10.0 Å². The van der Waals surface area contributed by atoms with Crippen molar-refractivity contribution in [3.05, 3.63) is 28.2 Å². The average Bonchev–Trinajstić information content (AvgIpc) is 2.95. The summed E-state index contributed by atoms with van der Waals surface area (Å²) in [7, 11) is 0. The van der Waals surface area contributed by atoms with E-state index in [1.54, 1.807) is 23.1 Å². The molecule has 1 heterocycles. The summed E-state index contributed by atoms with van der Waals surface area (Å²) in [4.78, 5) is 24.3. The molecule has 1 fully saturated rings. The van der Waals surface area contributed by atoms with Gasteiger partial charge in [-0.3, -0.25) is 9.59 Å². The molecule has 1 unspecified atom stereocenters. The Morgan fingerprint density at radius 2 is 1.96 bits per heavy atom. The quantitative estimate of drug-likeness (QED) is 0.755. The maximum Gasteiger partial charge on any atom is 0.303 e. The van der Waals surface area contributed by atoms with Crippen molar-refractivity contribution >= 4 is 35.1 Å². The number of carboxylic acids is 1. The minimum atomic E-state index is -0.825. The molecule has 7 heteroatoms. The van der Waals surface area contributed by atoms with E-state index in [9.17, 15) is 9.59 Å². The predicted molar refractivity (Wildman–Crippen MR) is 88.2 cm³/mol. The van der Waals surface area contributed by atoms with E-state index in [-0.39, 0.29) is 18.4 Å². The molecule has 0 aromatic heterocycles. The molecule has 1 aromatic carbocycles. The fourth-order valence-corrected chi connectivity index (χ4v) is 2.79. The van der Waals surface area contributed by atoms with E-state index in [0.29, 0.717) is 48.1 Å². The number of ether oxygens (including phenoxy) is 1. The molecule has 1 saturated heterocycles. The minimum absolute atomic E-state index is 0.0515. The average molecular weight is 360 g/mol. The number of carboxylic acid groups (broad SMARTS) is 1. The highest BCUT2D eigenvalue weighted by atomic mass is 35.5. The van der Waals surface area contributed by atoms with Gasteiger partial charge in [0.2, 0.25) is 5.91 Å². The molecule has 0 saturated carbocycles. The highest BCUT2D eigenvalue weighted by Gasteiger charge is 2.27. The fourth-order valence-electron chi connectivity index (χ4n) is 2.50. The maximum absolute atomic E-state index is 12.1. The van der Waals surface area contributed by atoms with Crippen LogP contribution >= 0.6 is 23.2 Å². The summed E-state index contributed by atoms with van der Waals surface area (Å²) in [5, 5.41) is 9.49. The molecular weight excluding hydrogens is 341 g/mol. The second-order valence-electron chi connectivity index (χ2n) is 5.55. The van der Waals surface area contributed by atoms with E-state index in [1.165, 1.54) is 0 Å². The molecular formula is C16H19Cl2NO4. The first-order valence-electron chi connectivity index (χ1n) is 7.57. The van der Waals surface area contributed by atoms with Gasteiger partial charge in [-0.1, -0.05) is 23.2 Å². The molecule has 126 valence electrons. The highest BCUT2D eigenvalue weighted by Crippen LogP contribution is 2.28. The second kappa shape index (κ2) is 8.41. The first-order chi connectivity index (χ1) is 11.0. The third-order valence-corrected chi connectivity index (χ3v) is 4.46. The first kappa shape index (κ1) is 17.9. The molecule has 23 heavy (non-hydrogen) atoms. The van der Waals surface area contributed by atoms with Gasteiger partial charge in [0, 0.05) is 31.9 Å². The monoisotopic (exact) mass is 359 g/mol. The largest absolute Gasteiger partial charge is 0.488 e. The normalized spacial score (nSPS) is 17.3. The summed E-state index contributed by atoms with van der Waals surface area (Å²) in [5.74, 6) is -0.135. The molecule has 0 aliphatic carbocycles. The van der Waals surface area contributed by atoms with E-state index in [2.05, 4.69) is 0 Å². The van der Waals surface area contributed by atoms with Crippen LogP contribution in [0.3, 0.4) is 0 Å². The molecule has 5 nitrogen and oxygen atoms in total. The lowest BCUT2D eigenvalue weighted by atomic mass is 10.2. The van der Waals surface area contributed by atoms with Crippen LogP contribution in [0.15, 0.2) is 18.2 Å². The first-order valence-corrected chi connectivity index (χ1v) is 8.32. The van der Waals surface area contributed by atoms with Gasteiger partial charge in [-0.05, 0) is 25.0 Å². The third kappa shape index (κ3) is 5.59. The number of likely N-dealkylation sites (tertiary alicyclic amines) is 1. The van der Waals surface area contributed by atoms with Crippen LogP contribution in [0, 0.1) is 0 Å². The van der Waals surface area contributed by atoms with E-state index < -0.39 is 5.97 Å². The van der Waals surface area contributed by atoms with E-state index >= 15 is 0 Å². The number of rotatable bonds is 7. The van der Waals surface area contributed by atoms with Gasteiger partial charge in [0.05, 0.1) is 16.6 Å². The SMILES string of the molecule is O=C(O)CCCCC(=O)N1CCC(Oc2ccc(Cl)c(Cl)c2)C1. The number of nitrogens with zero attached hydrogens (tertiary/aromatic N) is 1. The molecule has 0 radical (unpaired) electrons. The number of aliphatic carboxylic acids is 1. The van der Waals surface area contributed by atoms with Gasteiger partial charge in [-0.15, -0.1) is 0 Å². The number of hydrogen-bond acceptors (Lipinski definition) is 3. The molecule has 0 bridgehead atoms. The zero-order valence-corrected chi connectivity index (χ0v) is 14.1. The van der Waals surface area contributed by atoms with E-state index in [0.717, 1.165) is 6.42 Å². The van der Waals surface area contributed by atoms with Crippen LogP contribution in [0.5, 0.6) is 5.75 Å². The van der Waals surface area contributed by atoms with Crippen molar-refractivity contribution in [1.29, 1.82) is 0 Å². The van der Waals surface area contributed by atoms with Crippen molar-refractivity contribution < 1.29 is 19.4 Å². The van der Waals surface area contributed by atoms with E-state index in [1.807, 2.05) is 0 Å². The van der Waals surface area contributed by atoms with Crippen LogP contribution < -0.4 is 4.74 Å². The van der Waals surface area contributed by atoms with Crippen LogP contribution in [-0.2, 0) is 9.59 Å². The summed E-state index contributed by atoms with van der Waals surface area (Å²) in [6, 6.07) is 5.10. The molecule has 1 amide bonds. The fraction of sp³-hybridized carbons (Fsp3) is 0.500. The Labute approximate surface area is 145 Å². The standard InChI is InChI=1S/C16H19Cl2NO4/c17-13-6-5-11(9-14(13)18)23-12-7-8-19(10-12)15(20)3-1-2-4-16(21)22/h5-6,9,12H,1-4,7-8,10H2,(H,21,22). The van der Waals surface area contributed by atoms with Gasteiger partial charge in [-0.25, -0.2) is 0 Å². The molecule has 1 aliphatic heterocycles. The van der Waals surface area contributed by atoms with Crippen molar-refractivity contribution in [2.75, 3.05) is 13.1 Å². The highest BCUT2D eigenvalue weighted by molar-refractivity contribution is 6.42. The van der Waals surface area contributed by atoms with Crippen LogP contribution in [-0.4, -0.2) is 41.1 Å². The molecule has 2 rings (SSSR count). The number of unbranched alkanes of at least 4 members (excludes halogenated alkanes) is 1. The van der Waals surface area contributed by atoms with Crippen molar-refractivity contribution in [2.45, 2.75) is 38.2 Å². The number of hydrogen-bond donors (Lipinski definition) is 1. The van der Waals surface area contributed by atoms with Crippen molar-refractivity contribution in [3.63, 3.8) is 0 Å². The number of benzene rings is 1. The zero-order valence-electron chi connectivity index (χ0n) is 12.6. The number of carbonyl (C=O) groups is 2. The van der Waals surface area contributed by atoms with Gasteiger partial charge in [0.15, 0.2) is 0 Å². The summed E-state index contributed by atoms with van der Waals surface area (Å²) in [6.07, 6.45) is 2.32. The molecule has 0 spiro atoms. The number of halogens is 2. The lowest BCUT2D eigenvalue weighted by Crippen LogP contribution is -2.30. The van der Waals surface area contributed by atoms with Gasteiger partial charge >= 0.3 is 5.97 Å². The summed E-state index contributed by atoms with van der Waals surface area (Å²) in [5.41, 5.74) is 0. The Morgan fingerprint density at radius 1 is 1.22 bits per heavy atom. The Hall–Kier alpha value is -1.46. The maximum atomic E-state index is 12.1. The van der Waals surface area contributed by atoms with Crippen LogP contribution in [0.25, 0.3) is 0 Å². The molecule has 1 aliphatic rings. The Kier molecular flexibility index (Phi) is 6.54. The molecule has 1 aromatic rings. The van der Waals surface area contributed by atoms with Crippen molar-refractivity contribution in [1.82, 2.24) is 4.90 Å².